The second kappa shape index (κ2) is 6.13. The van der Waals surface area contributed by atoms with Crippen molar-refractivity contribution in [2.45, 2.75) is 22.7 Å². The van der Waals surface area contributed by atoms with Crippen molar-refractivity contribution in [2.24, 2.45) is 7.05 Å². The number of aliphatic hydroxyl groups excluding tert-OH is 1. The number of nitrogens with zero attached hydrogens (tertiary/aromatic N) is 1. The minimum atomic E-state index is -0.830. The third kappa shape index (κ3) is 2.69. The summed E-state index contributed by atoms with van der Waals surface area (Å²) in [5.74, 6) is 0. The van der Waals surface area contributed by atoms with Crippen molar-refractivity contribution < 1.29 is 14.6 Å². The molecule has 2 heterocycles. The minimum absolute atomic E-state index is 0.0679. The standard InChI is InChI=1S/C12H18N2O5S/c1-14-4-6(11(16)13-12(14)17)10-8(15)9(19-3)7(20-10)5-18-2/h4,7-10,15H,5H2,1-3H3,(H,13,16,17). The minimum Gasteiger partial charge on any atom is -0.389 e. The van der Waals surface area contributed by atoms with Crippen molar-refractivity contribution in [3.63, 3.8) is 0 Å². The van der Waals surface area contributed by atoms with Crippen LogP contribution < -0.4 is 11.2 Å². The summed E-state index contributed by atoms with van der Waals surface area (Å²) in [6.45, 7) is 0.417. The van der Waals surface area contributed by atoms with Crippen LogP contribution in [0.25, 0.3) is 0 Å². The van der Waals surface area contributed by atoms with Crippen LogP contribution in [0, 0.1) is 0 Å². The van der Waals surface area contributed by atoms with Crippen molar-refractivity contribution in [3.05, 3.63) is 32.6 Å². The van der Waals surface area contributed by atoms with Crippen LogP contribution in [0.5, 0.6) is 0 Å². The van der Waals surface area contributed by atoms with Gasteiger partial charge in [-0.1, -0.05) is 0 Å². The van der Waals surface area contributed by atoms with E-state index in [1.54, 1.807) is 14.2 Å². The molecule has 0 spiro atoms. The van der Waals surface area contributed by atoms with E-state index in [-0.39, 0.29) is 5.25 Å². The molecule has 2 N–H and O–H groups in total. The number of hydrogen-bond acceptors (Lipinski definition) is 6. The van der Waals surface area contributed by atoms with Crippen molar-refractivity contribution in [1.29, 1.82) is 0 Å². The molecule has 1 aromatic heterocycles. The van der Waals surface area contributed by atoms with Gasteiger partial charge in [0.15, 0.2) is 0 Å². The average Bonchev–Trinajstić information content (AvgIpc) is 2.71. The van der Waals surface area contributed by atoms with Crippen molar-refractivity contribution >= 4 is 11.8 Å². The molecule has 0 aromatic carbocycles. The number of ether oxygens (including phenoxy) is 2. The number of aryl methyl sites for hydroxylation is 1. The van der Waals surface area contributed by atoms with E-state index in [0.29, 0.717) is 12.2 Å². The van der Waals surface area contributed by atoms with Gasteiger partial charge in [-0.05, 0) is 0 Å². The van der Waals surface area contributed by atoms with Crippen LogP contribution in [0.1, 0.15) is 10.8 Å². The highest BCUT2D eigenvalue weighted by atomic mass is 32.2. The molecule has 0 radical (unpaired) electrons. The third-order valence-electron chi connectivity index (χ3n) is 3.38. The Balaban J connectivity index is 2.36. The fraction of sp³-hybridized carbons (Fsp3) is 0.667. The normalized spacial score (nSPS) is 29.8. The summed E-state index contributed by atoms with van der Waals surface area (Å²) in [4.78, 5) is 25.5. The molecule has 1 saturated heterocycles. The Morgan fingerprint density at radius 2 is 2.15 bits per heavy atom. The van der Waals surface area contributed by atoms with Gasteiger partial charge in [0.1, 0.15) is 0 Å². The summed E-state index contributed by atoms with van der Waals surface area (Å²) < 4.78 is 11.7. The molecule has 20 heavy (non-hydrogen) atoms. The lowest BCUT2D eigenvalue weighted by molar-refractivity contribution is -0.0139. The summed E-state index contributed by atoms with van der Waals surface area (Å²) in [6, 6.07) is 0. The Bertz CT molecular complexity index is 584. The zero-order chi connectivity index (χ0) is 14.9. The Morgan fingerprint density at radius 1 is 1.45 bits per heavy atom. The van der Waals surface area contributed by atoms with Crippen LogP contribution in [-0.2, 0) is 16.5 Å². The zero-order valence-electron chi connectivity index (χ0n) is 11.5. The number of methoxy groups -OCH3 is 2. The zero-order valence-corrected chi connectivity index (χ0v) is 12.3. The van der Waals surface area contributed by atoms with Gasteiger partial charge < -0.3 is 19.1 Å². The molecule has 8 heteroatoms. The molecule has 0 bridgehead atoms. The number of rotatable bonds is 4. The third-order valence-corrected chi connectivity index (χ3v) is 4.96. The van der Waals surface area contributed by atoms with Crippen LogP contribution in [0.4, 0.5) is 0 Å². The largest absolute Gasteiger partial charge is 0.389 e. The molecule has 7 nitrogen and oxygen atoms in total. The number of aromatic nitrogens is 2. The second-order valence-electron chi connectivity index (χ2n) is 4.70. The SMILES string of the molecule is COCC1SC(c2cn(C)c(=O)[nH]c2=O)C(O)C1OC. The number of aromatic amines is 1. The fourth-order valence-electron chi connectivity index (χ4n) is 2.37. The van der Waals surface area contributed by atoms with Crippen LogP contribution in [0.2, 0.25) is 0 Å². The van der Waals surface area contributed by atoms with Crippen LogP contribution in [0.15, 0.2) is 15.8 Å². The van der Waals surface area contributed by atoms with Crippen LogP contribution >= 0.6 is 11.8 Å². The van der Waals surface area contributed by atoms with E-state index >= 15 is 0 Å². The molecule has 0 aliphatic carbocycles. The van der Waals surface area contributed by atoms with E-state index in [1.807, 2.05) is 0 Å². The molecule has 1 aliphatic rings. The van der Waals surface area contributed by atoms with Gasteiger partial charge in [0.25, 0.3) is 5.56 Å². The van der Waals surface area contributed by atoms with E-state index in [0.717, 1.165) is 0 Å². The quantitative estimate of drug-likeness (QED) is 0.760. The highest BCUT2D eigenvalue weighted by Crippen LogP contribution is 2.45. The van der Waals surface area contributed by atoms with E-state index in [9.17, 15) is 14.7 Å². The second-order valence-corrected chi connectivity index (χ2v) is 6.08. The van der Waals surface area contributed by atoms with Gasteiger partial charge in [-0.2, -0.15) is 0 Å². The predicted octanol–water partition coefficient (Wildman–Crippen LogP) is -0.748. The maximum Gasteiger partial charge on any atom is 0.328 e. The lowest BCUT2D eigenvalue weighted by Gasteiger charge is -2.19. The molecule has 1 aliphatic heterocycles. The predicted molar refractivity (Wildman–Crippen MR) is 75.1 cm³/mol. The molecular formula is C12H18N2O5S. The lowest BCUT2D eigenvalue weighted by atomic mass is 10.0. The van der Waals surface area contributed by atoms with Crippen LogP contribution in [-0.4, -0.2) is 52.9 Å². The number of aliphatic hydroxyl groups is 1. The van der Waals surface area contributed by atoms with Gasteiger partial charge in [-0.3, -0.25) is 9.78 Å². The first-order chi connectivity index (χ1) is 9.49. The smallest absolute Gasteiger partial charge is 0.328 e. The number of hydrogen-bond donors (Lipinski definition) is 2. The van der Waals surface area contributed by atoms with Gasteiger partial charge in [0, 0.05) is 33.0 Å². The molecule has 1 aromatic rings. The van der Waals surface area contributed by atoms with E-state index in [4.69, 9.17) is 9.47 Å². The van der Waals surface area contributed by atoms with Crippen molar-refractivity contribution in [1.82, 2.24) is 9.55 Å². The maximum absolute atomic E-state index is 11.9. The molecule has 0 saturated carbocycles. The summed E-state index contributed by atoms with van der Waals surface area (Å²) in [7, 11) is 4.64. The van der Waals surface area contributed by atoms with E-state index in [2.05, 4.69) is 4.98 Å². The Hall–Kier alpha value is -1.09. The highest BCUT2D eigenvalue weighted by molar-refractivity contribution is 8.00. The maximum atomic E-state index is 11.9. The fourth-order valence-corrected chi connectivity index (χ4v) is 4.02. The molecule has 1 fully saturated rings. The molecule has 112 valence electrons. The first kappa shape index (κ1) is 15.3. The Morgan fingerprint density at radius 3 is 2.75 bits per heavy atom. The van der Waals surface area contributed by atoms with Gasteiger partial charge in [0.2, 0.25) is 0 Å². The van der Waals surface area contributed by atoms with Gasteiger partial charge in [0.05, 0.1) is 29.3 Å². The summed E-state index contributed by atoms with van der Waals surface area (Å²) in [5, 5.41) is 9.83. The van der Waals surface area contributed by atoms with Gasteiger partial charge in [-0.15, -0.1) is 11.8 Å². The van der Waals surface area contributed by atoms with Crippen molar-refractivity contribution in [3.8, 4) is 0 Å². The van der Waals surface area contributed by atoms with Gasteiger partial charge >= 0.3 is 5.69 Å². The average molecular weight is 302 g/mol. The molecule has 2 rings (SSSR count). The highest BCUT2D eigenvalue weighted by Gasteiger charge is 2.45. The summed E-state index contributed by atoms with van der Waals surface area (Å²) in [5.41, 5.74) is -0.587. The number of nitrogens with one attached hydrogen (secondary N) is 1. The van der Waals surface area contributed by atoms with Crippen LogP contribution in [0.3, 0.4) is 0 Å². The molecule has 0 amide bonds. The number of thioether (sulfide) groups is 1. The summed E-state index contributed by atoms with van der Waals surface area (Å²) in [6.07, 6.45) is 0.217. The molecule has 4 unspecified atom stereocenters. The summed E-state index contributed by atoms with van der Waals surface area (Å²) >= 11 is 1.42. The first-order valence-corrected chi connectivity index (χ1v) is 7.09. The topological polar surface area (TPSA) is 93.6 Å². The van der Waals surface area contributed by atoms with E-state index in [1.165, 1.54) is 29.6 Å². The lowest BCUT2D eigenvalue weighted by Crippen LogP contribution is -2.36. The molecule has 4 atom stereocenters. The van der Waals surface area contributed by atoms with Crippen molar-refractivity contribution in [2.75, 3.05) is 20.8 Å². The molecular weight excluding hydrogens is 284 g/mol. The van der Waals surface area contributed by atoms with E-state index < -0.39 is 28.7 Å². The monoisotopic (exact) mass is 302 g/mol. The number of H-pyrrole nitrogens is 1. The first-order valence-electron chi connectivity index (χ1n) is 6.14. The Kier molecular flexibility index (Phi) is 4.69. The van der Waals surface area contributed by atoms with Gasteiger partial charge in [-0.25, -0.2) is 4.79 Å². The Labute approximate surface area is 119 Å².